The molecule has 7 heteroatoms. The van der Waals surface area contributed by atoms with Crippen molar-refractivity contribution >= 4 is 11.9 Å². The van der Waals surface area contributed by atoms with Gasteiger partial charge < -0.3 is 10.4 Å². The highest BCUT2D eigenvalue weighted by Gasteiger charge is 2.30. The number of hydrogen-bond acceptors (Lipinski definition) is 2. The van der Waals surface area contributed by atoms with Crippen molar-refractivity contribution in [1.82, 2.24) is 5.32 Å². The van der Waals surface area contributed by atoms with E-state index in [-0.39, 0.29) is 5.56 Å². The summed E-state index contributed by atoms with van der Waals surface area (Å²) in [5.74, 6) is -1.98. The van der Waals surface area contributed by atoms with Crippen LogP contribution in [-0.2, 0) is 15.8 Å². The molecule has 0 saturated heterocycles. The fourth-order valence-corrected chi connectivity index (χ4v) is 1.48. The highest BCUT2D eigenvalue weighted by Crippen LogP contribution is 2.30. The molecule has 0 spiro atoms. The second-order valence-electron chi connectivity index (χ2n) is 4.03. The van der Waals surface area contributed by atoms with Crippen LogP contribution in [0.25, 0.3) is 0 Å². The van der Waals surface area contributed by atoms with E-state index in [0.717, 1.165) is 18.2 Å². The Kier molecular flexibility index (Phi) is 4.90. The third-order valence-corrected chi connectivity index (χ3v) is 2.45. The molecule has 4 nitrogen and oxygen atoms in total. The van der Waals surface area contributed by atoms with Crippen LogP contribution in [0.5, 0.6) is 0 Å². The number of aliphatic carboxylic acids is 1. The lowest BCUT2D eigenvalue weighted by atomic mass is 10.0. The van der Waals surface area contributed by atoms with E-state index >= 15 is 0 Å². The van der Waals surface area contributed by atoms with Crippen molar-refractivity contribution < 1.29 is 27.9 Å². The largest absolute Gasteiger partial charge is 0.478 e. The number of nitrogens with one attached hydrogen (secondary N) is 1. The summed E-state index contributed by atoms with van der Waals surface area (Å²) in [5, 5.41) is 10.7. The summed E-state index contributed by atoms with van der Waals surface area (Å²) in [7, 11) is 0. The molecule has 0 heterocycles. The predicted octanol–water partition coefficient (Wildman–Crippen LogP) is 2.52. The summed E-state index contributed by atoms with van der Waals surface area (Å²) in [6.07, 6.45) is -3.01. The first-order valence-corrected chi connectivity index (χ1v) is 5.59. The molecule has 0 aliphatic rings. The Hall–Kier alpha value is -2.31. The standard InChI is InChI=1S/C13H12F3NO3/c1-8(17-11(18)5-6-12(19)20)9-3-2-4-10(7-9)13(14,15)16/h2-8H,1H3,(H,17,18)(H,19,20)/b6-5+. The Morgan fingerprint density at radius 1 is 1.30 bits per heavy atom. The Balaban J connectivity index is 2.80. The third-order valence-electron chi connectivity index (χ3n) is 2.45. The highest BCUT2D eigenvalue weighted by atomic mass is 19.4. The first kappa shape index (κ1) is 15.7. The topological polar surface area (TPSA) is 66.4 Å². The van der Waals surface area contributed by atoms with Gasteiger partial charge in [-0.15, -0.1) is 0 Å². The van der Waals surface area contributed by atoms with Crippen LogP contribution in [0.4, 0.5) is 13.2 Å². The van der Waals surface area contributed by atoms with Gasteiger partial charge in [0, 0.05) is 12.2 Å². The van der Waals surface area contributed by atoms with Crippen molar-refractivity contribution in [3.63, 3.8) is 0 Å². The quantitative estimate of drug-likeness (QED) is 0.836. The van der Waals surface area contributed by atoms with Gasteiger partial charge in [-0.25, -0.2) is 4.79 Å². The van der Waals surface area contributed by atoms with Gasteiger partial charge in [0.1, 0.15) is 0 Å². The van der Waals surface area contributed by atoms with E-state index < -0.39 is 29.7 Å². The number of hydrogen-bond donors (Lipinski definition) is 2. The van der Waals surface area contributed by atoms with Crippen molar-refractivity contribution in [3.8, 4) is 0 Å². The van der Waals surface area contributed by atoms with Crippen molar-refractivity contribution in [3.05, 3.63) is 47.5 Å². The fraction of sp³-hybridized carbons (Fsp3) is 0.231. The maximum atomic E-state index is 12.5. The zero-order valence-corrected chi connectivity index (χ0v) is 10.4. The normalized spacial score (nSPS) is 13.2. The molecule has 1 amide bonds. The number of carboxylic acids is 1. The summed E-state index contributed by atoms with van der Waals surface area (Å²) in [6.45, 7) is 1.50. The van der Waals surface area contributed by atoms with Crippen molar-refractivity contribution in [2.45, 2.75) is 19.1 Å². The average Bonchev–Trinajstić information content (AvgIpc) is 2.35. The summed E-state index contributed by atoms with van der Waals surface area (Å²) < 4.78 is 37.6. The second-order valence-corrected chi connectivity index (χ2v) is 4.03. The Labute approximate surface area is 112 Å². The van der Waals surface area contributed by atoms with E-state index in [1.165, 1.54) is 19.1 Å². The molecule has 0 aliphatic carbocycles. The molecule has 20 heavy (non-hydrogen) atoms. The number of carbonyl (C=O) groups is 2. The van der Waals surface area contributed by atoms with Gasteiger partial charge in [-0.1, -0.05) is 12.1 Å². The van der Waals surface area contributed by atoms with Crippen LogP contribution in [0.15, 0.2) is 36.4 Å². The highest BCUT2D eigenvalue weighted by molar-refractivity contribution is 5.94. The van der Waals surface area contributed by atoms with E-state index in [1.54, 1.807) is 0 Å². The van der Waals surface area contributed by atoms with Crippen molar-refractivity contribution in [2.24, 2.45) is 0 Å². The van der Waals surface area contributed by atoms with Gasteiger partial charge in [0.2, 0.25) is 5.91 Å². The van der Waals surface area contributed by atoms with Crippen molar-refractivity contribution in [1.29, 1.82) is 0 Å². The van der Waals surface area contributed by atoms with Gasteiger partial charge in [0.05, 0.1) is 11.6 Å². The molecule has 108 valence electrons. The predicted molar refractivity (Wildman–Crippen MR) is 64.8 cm³/mol. The lowest BCUT2D eigenvalue weighted by molar-refractivity contribution is -0.137. The van der Waals surface area contributed by atoms with Gasteiger partial charge in [-0.05, 0) is 24.6 Å². The molecule has 1 aromatic rings. The maximum absolute atomic E-state index is 12.5. The van der Waals surface area contributed by atoms with Crippen LogP contribution in [-0.4, -0.2) is 17.0 Å². The molecule has 1 atom stereocenters. The minimum Gasteiger partial charge on any atom is -0.478 e. The van der Waals surface area contributed by atoms with Gasteiger partial charge in [0.25, 0.3) is 0 Å². The maximum Gasteiger partial charge on any atom is 0.416 e. The molecule has 2 N–H and O–H groups in total. The Bertz CT molecular complexity index is 538. The number of alkyl halides is 3. The van der Waals surface area contributed by atoms with Crippen LogP contribution >= 0.6 is 0 Å². The molecular formula is C13H12F3NO3. The molecule has 1 unspecified atom stereocenters. The van der Waals surface area contributed by atoms with Gasteiger partial charge in [-0.2, -0.15) is 13.2 Å². The van der Waals surface area contributed by atoms with Crippen LogP contribution in [0, 0.1) is 0 Å². The molecular weight excluding hydrogens is 275 g/mol. The van der Waals surface area contributed by atoms with E-state index in [0.29, 0.717) is 6.08 Å². The van der Waals surface area contributed by atoms with E-state index in [2.05, 4.69) is 5.32 Å². The van der Waals surface area contributed by atoms with E-state index in [4.69, 9.17) is 5.11 Å². The molecule has 0 fully saturated rings. The summed E-state index contributed by atoms with van der Waals surface area (Å²) in [6, 6.07) is 3.88. The van der Waals surface area contributed by atoms with Crippen LogP contribution in [0.3, 0.4) is 0 Å². The Morgan fingerprint density at radius 2 is 1.95 bits per heavy atom. The SMILES string of the molecule is CC(NC(=O)/C=C/C(=O)O)c1cccc(C(F)(F)F)c1. The average molecular weight is 287 g/mol. The number of carbonyl (C=O) groups excluding carboxylic acids is 1. The lowest BCUT2D eigenvalue weighted by Gasteiger charge is -2.15. The van der Waals surface area contributed by atoms with Gasteiger partial charge >= 0.3 is 12.1 Å². The first-order chi connectivity index (χ1) is 9.20. The number of amides is 1. The first-order valence-electron chi connectivity index (χ1n) is 5.59. The molecule has 0 radical (unpaired) electrons. The third kappa shape index (κ3) is 4.75. The number of carboxylic acid groups (broad SMARTS) is 1. The fourth-order valence-electron chi connectivity index (χ4n) is 1.48. The summed E-state index contributed by atoms with van der Waals surface area (Å²) >= 11 is 0. The summed E-state index contributed by atoms with van der Waals surface area (Å²) in [4.78, 5) is 21.6. The number of halogens is 3. The van der Waals surface area contributed by atoms with Crippen LogP contribution in [0.1, 0.15) is 24.1 Å². The molecule has 0 aromatic heterocycles. The second kappa shape index (κ2) is 6.23. The lowest BCUT2D eigenvalue weighted by Crippen LogP contribution is -2.25. The van der Waals surface area contributed by atoms with E-state index in [1.807, 2.05) is 0 Å². The minimum atomic E-state index is -4.46. The number of benzene rings is 1. The molecule has 0 saturated carbocycles. The molecule has 0 bridgehead atoms. The molecule has 0 aliphatic heterocycles. The van der Waals surface area contributed by atoms with Gasteiger partial charge in [0.15, 0.2) is 0 Å². The summed E-state index contributed by atoms with van der Waals surface area (Å²) in [5.41, 5.74) is -0.533. The number of rotatable bonds is 4. The van der Waals surface area contributed by atoms with Crippen LogP contribution in [0.2, 0.25) is 0 Å². The zero-order valence-electron chi connectivity index (χ0n) is 10.4. The molecule has 1 aromatic carbocycles. The van der Waals surface area contributed by atoms with Crippen molar-refractivity contribution in [2.75, 3.05) is 0 Å². The zero-order chi connectivity index (χ0) is 15.3. The molecule has 1 rings (SSSR count). The van der Waals surface area contributed by atoms with E-state index in [9.17, 15) is 22.8 Å². The monoisotopic (exact) mass is 287 g/mol. The van der Waals surface area contributed by atoms with Crippen LogP contribution < -0.4 is 5.32 Å². The minimum absolute atomic E-state index is 0.275. The smallest absolute Gasteiger partial charge is 0.416 e. The Morgan fingerprint density at radius 3 is 2.50 bits per heavy atom. The van der Waals surface area contributed by atoms with Gasteiger partial charge in [-0.3, -0.25) is 4.79 Å².